The molecule has 0 saturated carbocycles. The molecule has 7 nitrogen and oxygen atoms in total. The molecule has 1 fully saturated rings. The standard InChI is InChI=1S/C20H13NO6S/c22-18-17(28-20(25)21(18)11-15-2-1-9-26-15)10-14-7-8-16(27-14)12-3-5-13(6-4-12)19(23)24/h1-10H,11H2,(H,23,24)/b17-10+. The Hall–Kier alpha value is -3.52. The summed E-state index contributed by atoms with van der Waals surface area (Å²) in [6, 6.07) is 13.0. The van der Waals surface area contributed by atoms with Crippen LogP contribution in [0.4, 0.5) is 4.79 Å². The molecule has 8 heteroatoms. The van der Waals surface area contributed by atoms with E-state index in [1.54, 1.807) is 36.4 Å². The third-order valence-corrected chi connectivity index (χ3v) is 4.99. The molecule has 4 rings (SSSR count). The van der Waals surface area contributed by atoms with Crippen molar-refractivity contribution in [2.75, 3.05) is 0 Å². The van der Waals surface area contributed by atoms with Crippen molar-refractivity contribution in [1.29, 1.82) is 0 Å². The maximum Gasteiger partial charge on any atom is 0.335 e. The van der Waals surface area contributed by atoms with Crippen LogP contribution in [0, 0.1) is 0 Å². The highest BCUT2D eigenvalue weighted by Crippen LogP contribution is 2.34. The van der Waals surface area contributed by atoms with E-state index in [-0.39, 0.29) is 22.3 Å². The van der Waals surface area contributed by atoms with Gasteiger partial charge in [0.1, 0.15) is 17.3 Å². The lowest BCUT2D eigenvalue weighted by Gasteiger charge is -2.09. The van der Waals surface area contributed by atoms with E-state index in [1.165, 1.54) is 24.5 Å². The molecule has 1 aromatic carbocycles. The van der Waals surface area contributed by atoms with Crippen molar-refractivity contribution in [3.8, 4) is 11.3 Å². The molecule has 0 unspecified atom stereocenters. The van der Waals surface area contributed by atoms with Gasteiger partial charge in [0.15, 0.2) is 0 Å². The van der Waals surface area contributed by atoms with Gasteiger partial charge in [0.05, 0.1) is 23.3 Å². The first-order valence-electron chi connectivity index (χ1n) is 8.22. The minimum atomic E-state index is -1.00. The molecule has 1 aliphatic heterocycles. The number of carbonyl (C=O) groups excluding carboxylic acids is 2. The molecule has 2 amide bonds. The number of furan rings is 2. The number of thioether (sulfide) groups is 1. The predicted molar refractivity (Wildman–Crippen MR) is 101 cm³/mol. The zero-order chi connectivity index (χ0) is 19.7. The van der Waals surface area contributed by atoms with Crippen molar-refractivity contribution >= 4 is 35.0 Å². The lowest BCUT2D eigenvalue weighted by Crippen LogP contribution is -2.27. The fraction of sp³-hybridized carbons (Fsp3) is 0.0500. The van der Waals surface area contributed by atoms with Crippen LogP contribution in [0.15, 0.2) is 68.5 Å². The predicted octanol–water partition coefficient (Wildman–Crippen LogP) is 4.47. The van der Waals surface area contributed by atoms with Crippen LogP contribution in [0.25, 0.3) is 17.4 Å². The first-order chi connectivity index (χ1) is 13.5. The number of aromatic carboxylic acids is 1. The fourth-order valence-corrected chi connectivity index (χ4v) is 3.50. The summed E-state index contributed by atoms with van der Waals surface area (Å²) in [7, 11) is 0. The Balaban J connectivity index is 1.52. The van der Waals surface area contributed by atoms with Crippen LogP contribution < -0.4 is 0 Å². The average molecular weight is 395 g/mol. The molecule has 0 atom stereocenters. The summed E-state index contributed by atoms with van der Waals surface area (Å²) in [5.74, 6) is 0.0552. The summed E-state index contributed by atoms with van der Waals surface area (Å²) in [5, 5.41) is 8.58. The number of benzene rings is 1. The third kappa shape index (κ3) is 3.49. The number of hydrogen-bond acceptors (Lipinski definition) is 6. The Labute approximate surface area is 163 Å². The van der Waals surface area contributed by atoms with Crippen molar-refractivity contribution in [3.05, 3.63) is 76.8 Å². The molecular weight excluding hydrogens is 382 g/mol. The van der Waals surface area contributed by atoms with Crippen molar-refractivity contribution < 1.29 is 28.3 Å². The molecule has 28 heavy (non-hydrogen) atoms. The second-order valence-electron chi connectivity index (χ2n) is 5.93. The average Bonchev–Trinajstić information content (AvgIpc) is 3.41. The Morgan fingerprint density at radius 2 is 1.89 bits per heavy atom. The highest BCUT2D eigenvalue weighted by Gasteiger charge is 2.35. The monoisotopic (exact) mass is 395 g/mol. The molecule has 3 aromatic rings. The Morgan fingerprint density at radius 1 is 1.11 bits per heavy atom. The van der Waals surface area contributed by atoms with Gasteiger partial charge in [0.2, 0.25) is 0 Å². The lowest BCUT2D eigenvalue weighted by molar-refractivity contribution is -0.123. The SMILES string of the molecule is O=C(O)c1ccc(-c2ccc(/C=C3/SC(=O)N(Cc4ccco4)C3=O)o2)cc1. The highest BCUT2D eigenvalue weighted by molar-refractivity contribution is 8.18. The van der Waals surface area contributed by atoms with Crippen LogP contribution >= 0.6 is 11.8 Å². The second kappa shape index (κ2) is 7.24. The van der Waals surface area contributed by atoms with Crippen molar-refractivity contribution in [3.63, 3.8) is 0 Å². The van der Waals surface area contributed by atoms with Gasteiger partial charge in [-0.2, -0.15) is 0 Å². The topological polar surface area (TPSA) is 101 Å². The van der Waals surface area contributed by atoms with Crippen molar-refractivity contribution in [1.82, 2.24) is 4.90 Å². The van der Waals surface area contributed by atoms with Gasteiger partial charge in [0, 0.05) is 11.6 Å². The van der Waals surface area contributed by atoms with Crippen LogP contribution in [0.3, 0.4) is 0 Å². The number of nitrogens with zero attached hydrogens (tertiary/aromatic N) is 1. The summed E-state index contributed by atoms with van der Waals surface area (Å²) in [5.41, 5.74) is 0.885. The summed E-state index contributed by atoms with van der Waals surface area (Å²) in [4.78, 5) is 36.9. The molecule has 1 N–H and O–H groups in total. The van der Waals surface area contributed by atoms with Crippen molar-refractivity contribution in [2.45, 2.75) is 6.54 Å². The number of rotatable bonds is 5. The smallest absolute Gasteiger partial charge is 0.335 e. The largest absolute Gasteiger partial charge is 0.478 e. The summed E-state index contributed by atoms with van der Waals surface area (Å²) >= 11 is 0.840. The molecule has 0 bridgehead atoms. The van der Waals surface area contributed by atoms with Crippen LogP contribution in [-0.2, 0) is 11.3 Å². The minimum absolute atomic E-state index is 0.0777. The summed E-state index contributed by atoms with van der Waals surface area (Å²) < 4.78 is 10.9. The number of carboxylic acids is 1. The number of carboxylic acid groups (broad SMARTS) is 1. The van der Waals surface area contributed by atoms with Crippen LogP contribution in [-0.4, -0.2) is 27.1 Å². The van der Waals surface area contributed by atoms with Crippen LogP contribution in [0.2, 0.25) is 0 Å². The van der Waals surface area contributed by atoms with E-state index in [4.69, 9.17) is 13.9 Å². The van der Waals surface area contributed by atoms with Crippen LogP contribution in [0.5, 0.6) is 0 Å². The van der Waals surface area contributed by atoms with E-state index < -0.39 is 11.9 Å². The molecular formula is C20H13NO6S. The third-order valence-electron chi connectivity index (χ3n) is 4.08. The van der Waals surface area contributed by atoms with E-state index in [0.717, 1.165) is 16.7 Å². The molecule has 1 saturated heterocycles. The molecule has 3 heterocycles. The summed E-state index contributed by atoms with van der Waals surface area (Å²) in [6.07, 6.45) is 3.00. The van der Waals surface area contributed by atoms with E-state index in [1.807, 2.05) is 0 Å². The van der Waals surface area contributed by atoms with E-state index in [9.17, 15) is 14.4 Å². The van der Waals surface area contributed by atoms with E-state index in [2.05, 4.69) is 0 Å². The first kappa shape index (κ1) is 17.9. The highest BCUT2D eigenvalue weighted by atomic mass is 32.2. The van der Waals surface area contributed by atoms with Crippen LogP contribution in [0.1, 0.15) is 21.9 Å². The van der Waals surface area contributed by atoms with E-state index >= 15 is 0 Å². The van der Waals surface area contributed by atoms with Gasteiger partial charge in [-0.05, 0) is 48.2 Å². The quantitative estimate of drug-likeness (QED) is 0.636. The molecule has 0 aliphatic carbocycles. The Morgan fingerprint density at radius 3 is 2.57 bits per heavy atom. The second-order valence-corrected chi connectivity index (χ2v) is 6.92. The molecule has 2 aromatic heterocycles. The van der Waals surface area contributed by atoms with Gasteiger partial charge in [-0.25, -0.2) is 4.79 Å². The zero-order valence-corrected chi connectivity index (χ0v) is 15.1. The zero-order valence-electron chi connectivity index (χ0n) is 14.3. The van der Waals surface area contributed by atoms with Gasteiger partial charge >= 0.3 is 5.97 Å². The van der Waals surface area contributed by atoms with E-state index in [0.29, 0.717) is 22.8 Å². The van der Waals surface area contributed by atoms with Crippen molar-refractivity contribution in [2.24, 2.45) is 0 Å². The van der Waals surface area contributed by atoms with Gasteiger partial charge in [-0.15, -0.1) is 0 Å². The van der Waals surface area contributed by atoms with Gasteiger partial charge < -0.3 is 13.9 Å². The number of amides is 2. The normalized spacial score (nSPS) is 15.6. The minimum Gasteiger partial charge on any atom is -0.478 e. The number of imide groups is 1. The fourth-order valence-electron chi connectivity index (χ4n) is 2.69. The Kier molecular flexibility index (Phi) is 4.62. The lowest BCUT2D eigenvalue weighted by atomic mass is 10.1. The summed E-state index contributed by atoms with van der Waals surface area (Å²) in [6.45, 7) is 0.0777. The Bertz CT molecular complexity index is 1080. The maximum absolute atomic E-state index is 12.5. The molecule has 1 aliphatic rings. The molecule has 140 valence electrons. The molecule has 0 spiro atoms. The number of carbonyl (C=O) groups is 3. The first-order valence-corrected chi connectivity index (χ1v) is 9.04. The van der Waals surface area contributed by atoms with Gasteiger partial charge in [0.25, 0.3) is 11.1 Å². The van der Waals surface area contributed by atoms with Gasteiger partial charge in [-0.3, -0.25) is 14.5 Å². The molecule has 0 radical (unpaired) electrons. The number of hydrogen-bond donors (Lipinski definition) is 1. The maximum atomic E-state index is 12.5. The van der Waals surface area contributed by atoms with Gasteiger partial charge in [-0.1, -0.05) is 12.1 Å².